The smallest absolute Gasteiger partial charge is 0.222 e. The first-order chi connectivity index (χ1) is 9.78. The summed E-state index contributed by atoms with van der Waals surface area (Å²) in [7, 11) is 4.98. The highest BCUT2D eigenvalue weighted by molar-refractivity contribution is 5.76. The lowest BCUT2D eigenvalue weighted by Crippen LogP contribution is -2.34. The van der Waals surface area contributed by atoms with Crippen LogP contribution in [-0.2, 0) is 11.3 Å². The fourth-order valence-electron chi connectivity index (χ4n) is 2.04. The number of carbonyl (C=O) groups excluding carboxylic acids is 1. The molecule has 0 spiro atoms. The van der Waals surface area contributed by atoms with Crippen LogP contribution in [0.1, 0.15) is 32.3 Å². The van der Waals surface area contributed by atoms with Crippen molar-refractivity contribution < 1.29 is 14.3 Å². The lowest BCUT2D eigenvalue weighted by atomic mass is 10.00. The van der Waals surface area contributed by atoms with Crippen molar-refractivity contribution in [3.8, 4) is 11.5 Å². The molecule has 1 amide bonds. The van der Waals surface area contributed by atoms with E-state index < -0.39 is 0 Å². The number of carbonyl (C=O) groups is 1. The lowest BCUT2D eigenvalue weighted by molar-refractivity contribution is -0.130. The number of rotatable bonds is 7. The number of nitrogens with two attached hydrogens (primary N) is 1. The molecule has 0 aliphatic heterocycles. The summed E-state index contributed by atoms with van der Waals surface area (Å²) >= 11 is 0. The van der Waals surface area contributed by atoms with Gasteiger partial charge in [-0.2, -0.15) is 0 Å². The molecular weight excluding hydrogens is 268 g/mol. The van der Waals surface area contributed by atoms with Gasteiger partial charge in [0.1, 0.15) is 0 Å². The van der Waals surface area contributed by atoms with Gasteiger partial charge in [-0.05, 0) is 26.3 Å². The molecule has 0 atom stereocenters. The highest BCUT2D eigenvalue weighted by Gasteiger charge is 2.18. The van der Waals surface area contributed by atoms with Crippen LogP contribution >= 0.6 is 0 Å². The summed E-state index contributed by atoms with van der Waals surface area (Å²) in [6.07, 6.45) is 1.09. The van der Waals surface area contributed by atoms with Crippen LogP contribution in [0.2, 0.25) is 0 Å². The highest BCUT2D eigenvalue weighted by Crippen LogP contribution is 2.31. The summed E-state index contributed by atoms with van der Waals surface area (Å²) in [6.45, 7) is 4.32. The summed E-state index contributed by atoms with van der Waals surface area (Å²) in [4.78, 5) is 13.8. The van der Waals surface area contributed by atoms with Crippen molar-refractivity contribution in [1.29, 1.82) is 0 Å². The second kappa shape index (κ2) is 7.31. The van der Waals surface area contributed by atoms with E-state index in [0.29, 0.717) is 30.9 Å². The van der Waals surface area contributed by atoms with E-state index in [0.717, 1.165) is 5.56 Å². The zero-order valence-corrected chi connectivity index (χ0v) is 13.6. The van der Waals surface area contributed by atoms with Crippen LogP contribution in [0.3, 0.4) is 0 Å². The molecule has 0 saturated heterocycles. The number of benzene rings is 1. The Morgan fingerprint density at radius 3 is 2.48 bits per heavy atom. The molecule has 2 N–H and O–H groups in total. The minimum absolute atomic E-state index is 0.0680. The predicted octanol–water partition coefficient (Wildman–Crippen LogP) is 2.18. The topological polar surface area (TPSA) is 64.8 Å². The van der Waals surface area contributed by atoms with Crippen LogP contribution in [0.15, 0.2) is 18.2 Å². The van der Waals surface area contributed by atoms with Crippen LogP contribution in [0.25, 0.3) is 0 Å². The zero-order valence-electron chi connectivity index (χ0n) is 13.6. The van der Waals surface area contributed by atoms with E-state index >= 15 is 0 Å². The van der Waals surface area contributed by atoms with Crippen LogP contribution in [-0.4, -0.2) is 37.6 Å². The Balaban J connectivity index is 2.74. The van der Waals surface area contributed by atoms with Gasteiger partial charge in [0.25, 0.3) is 0 Å². The summed E-state index contributed by atoms with van der Waals surface area (Å²) in [5, 5.41) is 0. The van der Waals surface area contributed by atoms with E-state index in [-0.39, 0.29) is 11.4 Å². The maximum Gasteiger partial charge on any atom is 0.222 e. The summed E-state index contributed by atoms with van der Waals surface area (Å²) in [5.74, 6) is 1.40. The van der Waals surface area contributed by atoms with Crippen molar-refractivity contribution in [3.63, 3.8) is 0 Å². The number of hydrogen-bond acceptors (Lipinski definition) is 4. The fraction of sp³-hybridized carbons (Fsp3) is 0.562. The lowest BCUT2D eigenvalue weighted by Gasteiger charge is -2.22. The first kappa shape index (κ1) is 17.3. The van der Waals surface area contributed by atoms with E-state index in [1.165, 1.54) is 0 Å². The fourth-order valence-corrected chi connectivity index (χ4v) is 2.04. The van der Waals surface area contributed by atoms with Crippen molar-refractivity contribution in [3.05, 3.63) is 23.8 Å². The van der Waals surface area contributed by atoms with Gasteiger partial charge in [-0.1, -0.05) is 12.1 Å². The second-order valence-electron chi connectivity index (χ2n) is 5.89. The average Bonchev–Trinajstić information content (AvgIpc) is 2.43. The Hall–Kier alpha value is -1.75. The minimum atomic E-state index is -0.329. The van der Waals surface area contributed by atoms with E-state index in [2.05, 4.69) is 0 Å². The van der Waals surface area contributed by atoms with Gasteiger partial charge in [0.15, 0.2) is 11.5 Å². The molecule has 0 heterocycles. The standard InChI is InChI=1S/C16H26N2O3/c1-16(2,17)10-9-14(19)18(3)11-12-7-6-8-13(20-4)15(12)21-5/h6-8H,9-11,17H2,1-5H3. The number of nitrogens with zero attached hydrogens (tertiary/aromatic N) is 1. The Morgan fingerprint density at radius 2 is 1.95 bits per heavy atom. The molecule has 0 saturated carbocycles. The van der Waals surface area contributed by atoms with Gasteiger partial charge < -0.3 is 20.1 Å². The van der Waals surface area contributed by atoms with Crippen molar-refractivity contribution in [2.24, 2.45) is 5.73 Å². The van der Waals surface area contributed by atoms with Gasteiger partial charge in [-0.3, -0.25) is 4.79 Å². The van der Waals surface area contributed by atoms with E-state index in [1.54, 1.807) is 26.2 Å². The molecule has 0 bridgehead atoms. The number of ether oxygens (including phenoxy) is 2. The molecule has 5 heteroatoms. The molecule has 118 valence electrons. The van der Waals surface area contributed by atoms with Crippen LogP contribution in [0, 0.1) is 0 Å². The first-order valence-corrected chi connectivity index (χ1v) is 7.01. The van der Waals surface area contributed by atoms with Gasteiger partial charge in [-0.25, -0.2) is 0 Å². The molecule has 0 aliphatic rings. The predicted molar refractivity (Wildman–Crippen MR) is 83.5 cm³/mol. The molecular formula is C16H26N2O3. The van der Waals surface area contributed by atoms with Crippen molar-refractivity contribution >= 4 is 5.91 Å². The third-order valence-electron chi connectivity index (χ3n) is 3.30. The second-order valence-corrected chi connectivity index (χ2v) is 5.89. The molecule has 0 aromatic heterocycles. The molecule has 1 rings (SSSR count). The van der Waals surface area contributed by atoms with Crippen molar-refractivity contribution in [2.45, 2.75) is 38.8 Å². The first-order valence-electron chi connectivity index (χ1n) is 7.01. The highest BCUT2D eigenvalue weighted by atomic mass is 16.5. The van der Waals surface area contributed by atoms with Crippen LogP contribution in [0.5, 0.6) is 11.5 Å². The summed E-state index contributed by atoms with van der Waals surface area (Å²) < 4.78 is 10.6. The molecule has 21 heavy (non-hydrogen) atoms. The number of methoxy groups -OCH3 is 2. The van der Waals surface area contributed by atoms with Crippen LogP contribution < -0.4 is 15.2 Å². The van der Waals surface area contributed by atoms with Crippen LogP contribution in [0.4, 0.5) is 0 Å². The molecule has 0 radical (unpaired) electrons. The van der Waals surface area contributed by atoms with Gasteiger partial charge >= 0.3 is 0 Å². The summed E-state index contributed by atoms with van der Waals surface area (Å²) in [5.41, 5.74) is 6.50. The maximum absolute atomic E-state index is 12.1. The van der Waals surface area contributed by atoms with E-state index in [1.807, 2.05) is 32.0 Å². The largest absolute Gasteiger partial charge is 0.493 e. The molecule has 5 nitrogen and oxygen atoms in total. The maximum atomic E-state index is 12.1. The van der Waals surface area contributed by atoms with E-state index in [9.17, 15) is 4.79 Å². The Bertz CT molecular complexity index is 481. The molecule has 0 fully saturated rings. The van der Waals surface area contributed by atoms with Crippen molar-refractivity contribution in [1.82, 2.24) is 4.90 Å². The number of para-hydroxylation sites is 1. The average molecular weight is 294 g/mol. The quantitative estimate of drug-likeness (QED) is 0.837. The van der Waals surface area contributed by atoms with Crippen molar-refractivity contribution in [2.75, 3.05) is 21.3 Å². The Labute approximate surface area is 127 Å². The Kier molecular flexibility index (Phi) is 6.03. The monoisotopic (exact) mass is 294 g/mol. The van der Waals surface area contributed by atoms with Gasteiger partial charge in [-0.15, -0.1) is 0 Å². The number of hydrogen-bond donors (Lipinski definition) is 1. The number of amides is 1. The zero-order chi connectivity index (χ0) is 16.0. The molecule has 1 aromatic carbocycles. The SMILES string of the molecule is COc1cccc(CN(C)C(=O)CCC(C)(C)N)c1OC. The summed E-state index contributed by atoms with van der Waals surface area (Å²) in [6, 6.07) is 5.65. The van der Waals surface area contributed by atoms with Gasteiger partial charge in [0.2, 0.25) is 5.91 Å². The third-order valence-corrected chi connectivity index (χ3v) is 3.30. The molecule has 1 aromatic rings. The van der Waals surface area contributed by atoms with Gasteiger partial charge in [0.05, 0.1) is 14.2 Å². The normalized spacial score (nSPS) is 11.1. The minimum Gasteiger partial charge on any atom is -0.493 e. The van der Waals surface area contributed by atoms with E-state index in [4.69, 9.17) is 15.2 Å². The Morgan fingerprint density at radius 1 is 1.29 bits per heavy atom. The molecule has 0 unspecified atom stereocenters. The third kappa shape index (κ3) is 5.27. The molecule has 0 aliphatic carbocycles. The van der Waals surface area contributed by atoms with Gasteiger partial charge in [0, 0.05) is 31.1 Å².